The van der Waals surface area contributed by atoms with Gasteiger partial charge < -0.3 is 5.11 Å². The summed E-state index contributed by atoms with van der Waals surface area (Å²) >= 11 is 7.43. The molecule has 1 aromatic heterocycles. The summed E-state index contributed by atoms with van der Waals surface area (Å²) in [6.07, 6.45) is -0.352. The molecule has 0 amide bonds. The van der Waals surface area contributed by atoms with Crippen molar-refractivity contribution in [2.24, 2.45) is 0 Å². The fourth-order valence-corrected chi connectivity index (χ4v) is 4.17. The van der Waals surface area contributed by atoms with E-state index in [1.54, 1.807) is 19.1 Å². The molecule has 1 heterocycles. The highest BCUT2D eigenvalue weighted by Crippen LogP contribution is 2.23. The largest absolute Gasteiger partial charge is 0.388 e. The van der Waals surface area contributed by atoms with E-state index in [9.17, 15) is 13.5 Å². The van der Waals surface area contributed by atoms with Crippen molar-refractivity contribution in [1.82, 2.24) is 4.72 Å². The van der Waals surface area contributed by atoms with Crippen LogP contribution in [0.1, 0.15) is 23.7 Å². The van der Waals surface area contributed by atoms with Crippen LogP contribution in [-0.4, -0.2) is 20.1 Å². The first-order valence-electron chi connectivity index (χ1n) is 6.37. The standard InChI is InChI=1S/C14H16ClNO3S2/c1-10-12(15)3-2-4-14(10)21(18,19)16-7-5-13(17)11-6-8-20-9-11/h2-4,6,8-9,13,16-17H,5,7H2,1H3/t13-/m0/s1. The second kappa shape index (κ2) is 6.89. The number of aliphatic hydroxyl groups is 1. The molecule has 2 N–H and O–H groups in total. The van der Waals surface area contributed by atoms with E-state index in [4.69, 9.17) is 11.6 Å². The van der Waals surface area contributed by atoms with Crippen LogP contribution in [0, 0.1) is 6.92 Å². The molecule has 0 radical (unpaired) electrons. The molecule has 7 heteroatoms. The van der Waals surface area contributed by atoms with E-state index in [0.29, 0.717) is 17.0 Å². The minimum absolute atomic E-state index is 0.158. The van der Waals surface area contributed by atoms with Gasteiger partial charge in [0.15, 0.2) is 0 Å². The van der Waals surface area contributed by atoms with E-state index in [1.165, 1.54) is 17.4 Å². The van der Waals surface area contributed by atoms with Gasteiger partial charge in [0.05, 0.1) is 11.0 Å². The second-order valence-electron chi connectivity index (χ2n) is 4.62. The smallest absolute Gasteiger partial charge is 0.240 e. The molecule has 2 aromatic rings. The van der Waals surface area contributed by atoms with Gasteiger partial charge in [-0.1, -0.05) is 17.7 Å². The molecule has 2 rings (SSSR count). The van der Waals surface area contributed by atoms with Crippen molar-refractivity contribution in [3.05, 3.63) is 51.2 Å². The molecule has 4 nitrogen and oxygen atoms in total. The molecule has 0 bridgehead atoms. The van der Waals surface area contributed by atoms with Gasteiger partial charge in [-0.25, -0.2) is 13.1 Å². The molecule has 1 aromatic carbocycles. The fraction of sp³-hybridized carbons (Fsp3) is 0.286. The van der Waals surface area contributed by atoms with E-state index in [2.05, 4.69) is 4.72 Å². The lowest BCUT2D eigenvalue weighted by atomic mass is 10.1. The molecule has 0 spiro atoms. The maximum absolute atomic E-state index is 12.2. The van der Waals surface area contributed by atoms with Crippen molar-refractivity contribution in [3.63, 3.8) is 0 Å². The van der Waals surface area contributed by atoms with E-state index >= 15 is 0 Å². The lowest BCUT2D eigenvalue weighted by Crippen LogP contribution is -2.26. The molecule has 0 fully saturated rings. The van der Waals surface area contributed by atoms with Crippen LogP contribution >= 0.6 is 22.9 Å². The van der Waals surface area contributed by atoms with Crippen molar-refractivity contribution < 1.29 is 13.5 Å². The summed E-state index contributed by atoms with van der Waals surface area (Å²) in [4.78, 5) is 0.167. The van der Waals surface area contributed by atoms with Crippen LogP contribution in [-0.2, 0) is 10.0 Å². The number of nitrogens with one attached hydrogen (secondary N) is 1. The molecule has 0 aliphatic heterocycles. The molecule has 21 heavy (non-hydrogen) atoms. The Hall–Kier alpha value is -0.920. The third kappa shape index (κ3) is 4.05. The van der Waals surface area contributed by atoms with Gasteiger partial charge in [0.1, 0.15) is 0 Å². The zero-order chi connectivity index (χ0) is 15.5. The van der Waals surface area contributed by atoms with E-state index in [1.807, 2.05) is 16.8 Å². The predicted molar refractivity (Wildman–Crippen MR) is 85.3 cm³/mol. The van der Waals surface area contributed by atoms with E-state index < -0.39 is 16.1 Å². The Bertz CT molecular complexity index is 699. The van der Waals surface area contributed by atoms with Gasteiger partial charge in [-0.2, -0.15) is 11.3 Å². The van der Waals surface area contributed by atoms with Crippen molar-refractivity contribution in [2.75, 3.05) is 6.54 Å². The molecule has 0 saturated heterocycles. The summed E-state index contributed by atoms with van der Waals surface area (Å²) in [5, 5.41) is 14.1. The van der Waals surface area contributed by atoms with Gasteiger partial charge in [0, 0.05) is 11.6 Å². The molecule has 0 saturated carbocycles. The van der Waals surface area contributed by atoms with Crippen LogP contribution in [0.4, 0.5) is 0 Å². The minimum Gasteiger partial charge on any atom is -0.388 e. The summed E-state index contributed by atoms with van der Waals surface area (Å²) in [6, 6.07) is 6.59. The zero-order valence-corrected chi connectivity index (χ0v) is 13.8. The minimum atomic E-state index is -3.62. The van der Waals surface area contributed by atoms with Crippen LogP contribution in [0.5, 0.6) is 0 Å². The topological polar surface area (TPSA) is 66.4 Å². The summed E-state index contributed by atoms with van der Waals surface area (Å²) in [6.45, 7) is 1.82. The number of hydrogen-bond donors (Lipinski definition) is 2. The second-order valence-corrected chi connectivity index (χ2v) is 7.54. The Morgan fingerprint density at radius 3 is 2.81 bits per heavy atom. The maximum Gasteiger partial charge on any atom is 0.240 e. The first-order chi connectivity index (χ1) is 9.92. The van der Waals surface area contributed by atoms with Crippen LogP contribution in [0.15, 0.2) is 39.9 Å². The molecule has 0 aliphatic rings. The summed E-state index contributed by atoms with van der Waals surface area (Å²) in [5.41, 5.74) is 1.32. The van der Waals surface area contributed by atoms with Crippen LogP contribution < -0.4 is 4.72 Å². The number of aliphatic hydroxyl groups excluding tert-OH is 1. The number of sulfonamides is 1. The number of rotatable bonds is 6. The molecule has 0 aliphatic carbocycles. The first kappa shape index (κ1) is 16.5. The molecular weight excluding hydrogens is 330 g/mol. The molecular formula is C14H16ClNO3S2. The van der Waals surface area contributed by atoms with Crippen LogP contribution in [0.2, 0.25) is 5.02 Å². The van der Waals surface area contributed by atoms with Crippen LogP contribution in [0.3, 0.4) is 0 Å². The van der Waals surface area contributed by atoms with Gasteiger partial charge in [0.25, 0.3) is 0 Å². The molecule has 1 atom stereocenters. The van der Waals surface area contributed by atoms with Crippen molar-refractivity contribution in [3.8, 4) is 0 Å². The SMILES string of the molecule is Cc1c(Cl)cccc1S(=O)(=O)NCC[C@H](O)c1ccsc1. The van der Waals surface area contributed by atoms with Gasteiger partial charge in [0.2, 0.25) is 10.0 Å². The molecule has 0 unspecified atom stereocenters. The number of thiophene rings is 1. The average molecular weight is 346 g/mol. The van der Waals surface area contributed by atoms with Gasteiger partial charge in [-0.15, -0.1) is 0 Å². The number of halogens is 1. The lowest BCUT2D eigenvalue weighted by molar-refractivity contribution is 0.169. The fourth-order valence-electron chi connectivity index (χ4n) is 1.92. The Morgan fingerprint density at radius 1 is 1.38 bits per heavy atom. The monoisotopic (exact) mass is 345 g/mol. The average Bonchev–Trinajstić information content (AvgIpc) is 2.95. The highest BCUT2D eigenvalue weighted by molar-refractivity contribution is 7.89. The van der Waals surface area contributed by atoms with Crippen molar-refractivity contribution >= 4 is 33.0 Å². The van der Waals surface area contributed by atoms with Gasteiger partial charge in [-0.05, 0) is 53.4 Å². The number of benzene rings is 1. The van der Waals surface area contributed by atoms with Crippen molar-refractivity contribution in [1.29, 1.82) is 0 Å². The van der Waals surface area contributed by atoms with E-state index in [0.717, 1.165) is 5.56 Å². The maximum atomic E-state index is 12.2. The van der Waals surface area contributed by atoms with E-state index in [-0.39, 0.29) is 11.4 Å². The predicted octanol–water partition coefficient (Wildman–Crippen LogP) is 3.11. The zero-order valence-electron chi connectivity index (χ0n) is 11.4. The summed E-state index contributed by atoms with van der Waals surface area (Å²) in [5.74, 6) is 0. The third-order valence-corrected chi connectivity index (χ3v) is 5.86. The first-order valence-corrected chi connectivity index (χ1v) is 9.17. The van der Waals surface area contributed by atoms with Gasteiger partial charge >= 0.3 is 0 Å². The molecule has 114 valence electrons. The summed E-state index contributed by atoms with van der Waals surface area (Å²) in [7, 11) is -3.62. The normalized spacial score (nSPS) is 13.3. The van der Waals surface area contributed by atoms with Crippen molar-refractivity contribution in [2.45, 2.75) is 24.3 Å². The Kier molecular flexibility index (Phi) is 5.40. The van der Waals surface area contributed by atoms with Gasteiger partial charge in [-0.3, -0.25) is 0 Å². The Labute approximate surface area is 133 Å². The highest BCUT2D eigenvalue weighted by atomic mass is 35.5. The Morgan fingerprint density at radius 2 is 2.14 bits per heavy atom. The highest BCUT2D eigenvalue weighted by Gasteiger charge is 2.18. The lowest BCUT2D eigenvalue weighted by Gasteiger charge is -2.12. The summed E-state index contributed by atoms with van der Waals surface area (Å²) < 4.78 is 26.9. The van der Waals surface area contributed by atoms with Crippen LogP contribution in [0.25, 0.3) is 0 Å². The third-order valence-electron chi connectivity index (χ3n) is 3.15. The number of hydrogen-bond acceptors (Lipinski definition) is 4. The quantitative estimate of drug-likeness (QED) is 0.845. The Balaban J connectivity index is 2.00.